The summed E-state index contributed by atoms with van der Waals surface area (Å²) in [4.78, 5) is 69.4. The molecule has 1 aliphatic rings. The molecule has 0 atom stereocenters. The highest BCUT2D eigenvalue weighted by atomic mass is 35.5. The van der Waals surface area contributed by atoms with Crippen LogP contribution in [0.5, 0.6) is 0 Å². The Bertz CT molecular complexity index is 2420. The summed E-state index contributed by atoms with van der Waals surface area (Å²) in [5, 5.41) is 18.6. The molecule has 2 heterocycles. The van der Waals surface area contributed by atoms with E-state index >= 15 is 0 Å². The van der Waals surface area contributed by atoms with Crippen LogP contribution in [0.2, 0.25) is 5.02 Å². The second-order valence-corrected chi connectivity index (χ2v) is 19.5. The van der Waals surface area contributed by atoms with Gasteiger partial charge in [0, 0.05) is 68.7 Å². The van der Waals surface area contributed by atoms with Gasteiger partial charge in [-0.05, 0) is 79.0 Å². The third-order valence-corrected chi connectivity index (χ3v) is 13.6. The van der Waals surface area contributed by atoms with Crippen molar-refractivity contribution in [2.24, 2.45) is 5.41 Å². The first kappa shape index (κ1) is 55.7. The Kier molecular flexibility index (Phi) is 21.0. The molecular weight excluding hydrogens is 953 g/mol. The summed E-state index contributed by atoms with van der Waals surface area (Å²) in [6.07, 6.45) is 1.89. The van der Waals surface area contributed by atoms with E-state index in [1.165, 1.54) is 34.5 Å². The van der Waals surface area contributed by atoms with Crippen molar-refractivity contribution in [1.82, 2.24) is 24.9 Å². The largest absolute Gasteiger partial charge is 0.481 e. The predicted octanol–water partition coefficient (Wildman–Crippen LogP) is 8.47. The van der Waals surface area contributed by atoms with Gasteiger partial charge in [0.15, 0.2) is 5.78 Å². The minimum Gasteiger partial charge on any atom is -0.481 e. The third-order valence-electron chi connectivity index (χ3n) is 12.1. The number of likely N-dealkylation sites (N-methyl/N-ethyl adjacent to an activating group) is 1. The van der Waals surface area contributed by atoms with E-state index in [1.807, 2.05) is 18.2 Å². The highest BCUT2D eigenvalue weighted by molar-refractivity contribution is 7.17. The fraction of sp³-hybridized carbons (Fsp3) is 0.520. The number of anilines is 1. The zero-order valence-corrected chi connectivity index (χ0v) is 42.0. The number of rotatable bonds is 28. The summed E-state index contributed by atoms with van der Waals surface area (Å²) in [5.74, 6) is -2.14. The Balaban J connectivity index is 1.16. The lowest BCUT2D eigenvalue weighted by molar-refractivity contribution is -0.139. The van der Waals surface area contributed by atoms with Crippen LogP contribution in [0.4, 0.5) is 18.2 Å². The van der Waals surface area contributed by atoms with Crippen LogP contribution in [-0.2, 0) is 54.2 Å². The highest BCUT2D eigenvalue weighted by Gasteiger charge is 2.35. The van der Waals surface area contributed by atoms with E-state index in [1.54, 1.807) is 18.0 Å². The number of aromatic nitrogens is 2. The molecule has 3 amide bonds. The number of nitrogens with zero attached hydrogens (tertiary/aromatic N) is 4. The molecule has 0 aliphatic heterocycles. The second kappa shape index (κ2) is 26.3. The zero-order valence-electron chi connectivity index (χ0n) is 40.4. The Morgan fingerprint density at radius 1 is 0.929 bits per heavy atom. The average molecular weight is 1020 g/mol. The number of alkyl halides is 3. The molecule has 3 N–H and O–H groups in total. The fourth-order valence-electron chi connectivity index (χ4n) is 8.12. The number of thiophene rings is 1. The monoisotopic (exact) mass is 1020 g/mol. The van der Waals surface area contributed by atoms with Gasteiger partial charge in [0.2, 0.25) is 11.8 Å². The van der Waals surface area contributed by atoms with Gasteiger partial charge in [0.1, 0.15) is 5.00 Å². The third kappa shape index (κ3) is 16.4. The fourth-order valence-corrected chi connectivity index (χ4v) is 9.84. The maximum Gasteiger partial charge on any atom is 0.417 e. The Morgan fingerprint density at radius 3 is 2.31 bits per heavy atom. The number of hydrogen-bond acceptors (Lipinski definition) is 11. The van der Waals surface area contributed by atoms with Gasteiger partial charge < -0.3 is 34.9 Å². The molecule has 0 saturated heterocycles. The maximum atomic E-state index is 14.4. The molecule has 0 bridgehead atoms. The standard InChI is InChI=1S/C50H64ClF3N6O9S/c1-6-36(7-2)59(20-19-58(5)43(62)14-13-42(61)55-18-22-68-24-26-69-25-23-67-21-16-44(63)64)31-33-9-8-10-34(27-33)47(66)57-48-45(38-15-17-49(3,4)29-41(38)70-48)46(65)35-30-56-60(32-35)37-11-12-40(51)39(28-37)50(52,53)54/h8-12,27-28,30,32,36H,6-7,13-26,29,31H2,1-5H3,(H,55,61)(H,57,66)(H,63,64). The minimum atomic E-state index is -4.69. The summed E-state index contributed by atoms with van der Waals surface area (Å²) in [6.45, 7) is 11.9. The van der Waals surface area contributed by atoms with E-state index in [0.29, 0.717) is 68.4 Å². The van der Waals surface area contributed by atoms with Gasteiger partial charge >= 0.3 is 12.1 Å². The van der Waals surface area contributed by atoms with Gasteiger partial charge in [0.25, 0.3) is 5.91 Å². The van der Waals surface area contributed by atoms with E-state index < -0.39 is 34.4 Å². The lowest BCUT2D eigenvalue weighted by Crippen LogP contribution is -2.41. The predicted molar refractivity (Wildman–Crippen MR) is 261 cm³/mol. The van der Waals surface area contributed by atoms with Crippen molar-refractivity contribution >= 4 is 57.4 Å². The topological polar surface area (TPSA) is 182 Å². The molecule has 382 valence electrons. The summed E-state index contributed by atoms with van der Waals surface area (Å²) >= 11 is 7.21. The summed E-state index contributed by atoms with van der Waals surface area (Å²) in [6, 6.07) is 10.9. The van der Waals surface area contributed by atoms with Crippen molar-refractivity contribution in [2.45, 2.75) is 97.8 Å². The number of ketones is 1. The maximum absolute atomic E-state index is 14.4. The smallest absolute Gasteiger partial charge is 0.417 e. The number of amides is 3. The number of halogens is 4. The van der Waals surface area contributed by atoms with E-state index in [4.69, 9.17) is 30.9 Å². The molecule has 4 aromatic rings. The highest BCUT2D eigenvalue weighted by Crippen LogP contribution is 2.45. The number of hydrogen-bond donors (Lipinski definition) is 3. The van der Waals surface area contributed by atoms with Crippen molar-refractivity contribution in [2.75, 3.05) is 71.6 Å². The van der Waals surface area contributed by atoms with Crippen LogP contribution >= 0.6 is 22.9 Å². The molecule has 15 nitrogen and oxygen atoms in total. The first-order valence-electron chi connectivity index (χ1n) is 23.5. The number of nitrogens with one attached hydrogen (secondary N) is 2. The molecule has 1 aliphatic carbocycles. The number of carboxylic acid groups (broad SMARTS) is 1. The van der Waals surface area contributed by atoms with Gasteiger partial charge in [-0.15, -0.1) is 11.3 Å². The van der Waals surface area contributed by atoms with Gasteiger partial charge in [0.05, 0.1) is 79.7 Å². The lowest BCUT2D eigenvalue weighted by atomic mass is 9.76. The van der Waals surface area contributed by atoms with E-state index in [2.05, 4.69) is 48.3 Å². The number of carboxylic acids is 1. The molecule has 0 saturated carbocycles. The number of benzene rings is 2. The van der Waals surface area contributed by atoms with Gasteiger partial charge in [-0.3, -0.25) is 28.9 Å². The van der Waals surface area contributed by atoms with Crippen LogP contribution in [0, 0.1) is 5.41 Å². The van der Waals surface area contributed by atoms with E-state index in [-0.39, 0.29) is 80.1 Å². The van der Waals surface area contributed by atoms with Gasteiger partial charge in [-0.2, -0.15) is 18.3 Å². The molecule has 0 spiro atoms. The van der Waals surface area contributed by atoms with Crippen LogP contribution < -0.4 is 10.6 Å². The molecule has 2 aromatic heterocycles. The first-order valence-corrected chi connectivity index (χ1v) is 24.7. The van der Waals surface area contributed by atoms with Crippen molar-refractivity contribution in [3.05, 3.63) is 98.1 Å². The van der Waals surface area contributed by atoms with Crippen LogP contribution in [0.1, 0.15) is 114 Å². The van der Waals surface area contributed by atoms with Crippen LogP contribution in [-0.4, -0.2) is 127 Å². The lowest BCUT2D eigenvalue weighted by Gasteiger charge is -2.32. The number of ether oxygens (including phenoxy) is 3. The number of aliphatic carboxylic acids is 1. The molecule has 70 heavy (non-hydrogen) atoms. The molecule has 20 heteroatoms. The van der Waals surface area contributed by atoms with Gasteiger partial charge in [-0.1, -0.05) is 51.4 Å². The van der Waals surface area contributed by atoms with Crippen LogP contribution in [0.15, 0.2) is 54.9 Å². The normalized spacial score (nSPS) is 13.4. The Morgan fingerprint density at radius 2 is 1.63 bits per heavy atom. The van der Waals surface area contributed by atoms with Crippen molar-refractivity contribution in [3.8, 4) is 5.69 Å². The van der Waals surface area contributed by atoms with Crippen molar-refractivity contribution < 1.29 is 56.5 Å². The Labute approximate surface area is 416 Å². The summed E-state index contributed by atoms with van der Waals surface area (Å²) in [7, 11) is 1.72. The second-order valence-electron chi connectivity index (χ2n) is 18.0. The minimum absolute atomic E-state index is 0.0239. The van der Waals surface area contributed by atoms with Crippen molar-refractivity contribution in [3.63, 3.8) is 0 Å². The quantitative estimate of drug-likeness (QED) is 0.0367. The van der Waals surface area contributed by atoms with Crippen LogP contribution in [0.25, 0.3) is 5.69 Å². The Hall–Kier alpha value is -5.18. The van der Waals surface area contributed by atoms with E-state index in [0.717, 1.165) is 47.4 Å². The average Bonchev–Trinajstić information content (AvgIpc) is 3.94. The molecule has 5 rings (SSSR count). The molecule has 2 aromatic carbocycles. The van der Waals surface area contributed by atoms with Gasteiger partial charge in [-0.25, -0.2) is 4.68 Å². The van der Waals surface area contributed by atoms with Crippen LogP contribution in [0.3, 0.4) is 0 Å². The zero-order chi connectivity index (χ0) is 51.0. The number of fused-ring (bicyclic) bond motifs is 1. The number of carbonyl (C=O) groups excluding carboxylic acids is 4. The first-order chi connectivity index (χ1) is 33.3. The molecule has 0 fully saturated rings. The summed E-state index contributed by atoms with van der Waals surface area (Å²) in [5.41, 5.74) is 1.67. The molecular formula is C50H64ClF3N6O9S. The molecule has 0 radical (unpaired) electrons. The summed E-state index contributed by atoms with van der Waals surface area (Å²) < 4.78 is 58.1. The van der Waals surface area contributed by atoms with Crippen molar-refractivity contribution in [1.29, 1.82) is 0 Å². The number of carbonyl (C=O) groups is 5. The van der Waals surface area contributed by atoms with E-state index in [9.17, 15) is 37.1 Å². The SMILES string of the molecule is CCC(CC)N(CCN(C)C(=O)CCC(=O)NCCOCCOCCOCCC(=O)O)Cc1cccc(C(=O)Nc2sc3c(c2C(=O)c2cnn(-c4ccc(Cl)c(C(F)(F)F)c4)c2)CCC(C)(C)C3)c1. The molecule has 0 unspecified atom stereocenters.